The third-order valence-corrected chi connectivity index (χ3v) is 4.18. The first-order valence-corrected chi connectivity index (χ1v) is 8.18. The summed E-state index contributed by atoms with van der Waals surface area (Å²) in [7, 11) is 1.56. The number of nitrogens with one attached hydrogen (secondary N) is 1. The Bertz CT molecular complexity index is 928. The molecule has 0 unspecified atom stereocenters. The van der Waals surface area contributed by atoms with Gasteiger partial charge in [-0.2, -0.15) is 0 Å². The second kappa shape index (κ2) is 6.95. The molecule has 0 amide bonds. The Balaban J connectivity index is 2.23. The zero-order chi connectivity index (χ0) is 18.8. The zero-order valence-corrected chi connectivity index (χ0v) is 14.8. The lowest BCUT2D eigenvalue weighted by Gasteiger charge is -2.27. The molecule has 0 saturated carbocycles. The number of aryl methyl sites for hydroxylation is 1. The number of hydrogen-bond acceptors (Lipinski definition) is 6. The van der Waals surface area contributed by atoms with Gasteiger partial charge in [0.2, 0.25) is 5.88 Å². The number of hydrogen-bond donors (Lipinski definition) is 2. The van der Waals surface area contributed by atoms with Crippen molar-refractivity contribution >= 4 is 5.97 Å². The van der Waals surface area contributed by atoms with Gasteiger partial charge in [0.15, 0.2) is 0 Å². The summed E-state index contributed by atoms with van der Waals surface area (Å²) in [4.78, 5) is 27.9. The molecule has 1 atom stereocenters. The van der Waals surface area contributed by atoms with Gasteiger partial charge >= 0.3 is 5.97 Å². The number of ether oxygens (including phenoxy) is 3. The number of methoxy groups -OCH3 is 1. The summed E-state index contributed by atoms with van der Waals surface area (Å²) in [5.74, 6) is -0.391. The number of pyridine rings is 1. The van der Waals surface area contributed by atoms with Gasteiger partial charge < -0.3 is 24.9 Å². The first kappa shape index (κ1) is 17.6. The molecule has 2 aromatic rings. The number of carbonyl (C=O) groups is 1. The number of esters is 1. The van der Waals surface area contributed by atoms with Crippen molar-refractivity contribution in [3.05, 3.63) is 69.0 Å². The van der Waals surface area contributed by atoms with Crippen molar-refractivity contribution in [1.82, 2.24) is 4.98 Å². The maximum atomic E-state index is 12.6. The van der Waals surface area contributed by atoms with Crippen LogP contribution >= 0.6 is 0 Å². The predicted octanol–water partition coefficient (Wildman–Crippen LogP) is 1.95. The van der Waals surface area contributed by atoms with Crippen LogP contribution in [0, 0.1) is 6.92 Å². The van der Waals surface area contributed by atoms with Gasteiger partial charge in [-0.1, -0.05) is 12.1 Å². The molecule has 0 saturated heterocycles. The number of H-pyrrole nitrogens is 1. The van der Waals surface area contributed by atoms with Crippen LogP contribution in [-0.4, -0.2) is 24.7 Å². The molecule has 0 fully saturated rings. The summed E-state index contributed by atoms with van der Waals surface area (Å²) in [5, 5.41) is 0. The lowest BCUT2D eigenvalue weighted by molar-refractivity contribution is -0.139. The molecule has 0 aliphatic carbocycles. The molecule has 7 nitrogen and oxygen atoms in total. The van der Waals surface area contributed by atoms with Crippen LogP contribution in [0.25, 0.3) is 0 Å². The topological polar surface area (TPSA) is 104 Å². The minimum atomic E-state index is -0.701. The maximum Gasteiger partial charge on any atom is 0.340 e. The number of carbonyl (C=O) groups excluding carboxylic acids is 1. The summed E-state index contributed by atoms with van der Waals surface area (Å²) < 4.78 is 15.9. The average molecular weight is 356 g/mol. The molecule has 2 heterocycles. The van der Waals surface area contributed by atoms with E-state index in [0.29, 0.717) is 28.3 Å². The van der Waals surface area contributed by atoms with Crippen LogP contribution in [0.4, 0.5) is 0 Å². The van der Waals surface area contributed by atoms with E-state index >= 15 is 0 Å². The predicted molar refractivity (Wildman–Crippen MR) is 95.1 cm³/mol. The van der Waals surface area contributed by atoms with Gasteiger partial charge in [0.1, 0.15) is 17.1 Å². The van der Waals surface area contributed by atoms with E-state index in [1.54, 1.807) is 51.3 Å². The van der Waals surface area contributed by atoms with Gasteiger partial charge in [0.25, 0.3) is 5.56 Å². The first-order valence-electron chi connectivity index (χ1n) is 8.18. The van der Waals surface area contributed by atoms with E-state index in [2.05, 4.69) is 4.98 Å². The molecule has 7 heteroatoms. The highest BCUT2D eigenvalue weighted by Crippen LogP contribution is 2.41. The normalized spacial score (nSPS) is 15.9. The third kappa shape index (κ3) is 3.03. The maximum absolute atomic E-state index is 12.6. The average Bonchev–Trinajstić information content (AvgIpc) is 2.60. The van der Waals surface area contributed by atoms with E-state index in [9.17, 15) is 9.59 Å². The van der Waals surface area contributed by atoms with Gasteiger partial charge in [0.05, 0.1) is 25.2 Å². The second-order valence-corrected chi connectivity index (χ2v) is 5.87. The highest BCUT2D eigenvalue weighted by atomic mass is 16.5. The first-order chi connectivity index (χ1) is 12.5. The van der Waals surface area contributed by atoms with E-state index in [1.165, 1.54) is 0 Å². The number of benzene rings is 1. The van der Waals surface area contributed by atoms with Crippen LogP contribution < -0.4 is 20.8 Å². The number of rotatable bonds is 4. The van der Waals surface area contributed by atoms with E-state index < -0.39 is 11.9 Å². The summed E-state index contributed by atoms with van der Waals surface area (Å²) in [5.41, 5.74) is 7.46. The molecule has 0 spiro atoms. The van der Waals surface area contributed by atoms with Gasteiger partial charge in [-0.05, 0) is 31.5 Å². The molecule has 1 aliphatic heterocycles. The highest BCUT2D eigenvalue weighted by Gasteiger charge is 2.37. The van der Waals surface area contributed by atoms with E-state index in [4.69, 9.17) is 19.9 Å². The molecule has 1 aliphatic rings. The summed E-state index contributed by atoms with van der Waals surface area (Å²) in [6.07, 6.45) is 0. The van der Waals surface area contributed by atoms with E-state index in [-0.39, 0.29) is 23.6 Å². The minimum Gasteiger partial charge on any atom is -0.497 e. The third-order valence-electron chi connectivity index (χ3n) is 4.18. The van der Waals surface area contributed by atoms with Crippen LogP contribution in [0.15, 0.2) is 46.6 Å². The van der Waals surface area contributed by atoms with Crippen LogP contribution in [0.2, 0.25) is 0 Å². The number of aromatic nitrogens is 1. The standard InChI is InChI=1S/C19H20N2O5/c1-4-25-19(23)16-14(11-5-7-12(24-3)8-6-11)15-13(26-17(16)20)9-10(2)21-18(15)22/h5-9,14H,4,20H2,1-3H3,(H,21,22)/t14-/m0/s1. The highest BCUT2D eigenvalue weighted by molar-refractivity contribution is 5.92. The Morgan fingerprint density at radius 3 is 2.62 bits per heavy atom. The monoisotopic (exact) mass is 356 g/mol. The van der Waals surface area contributed by atoms with Crippen LogP contribution in [-0.2, 0) is 9.53 Å². The largest absolute Gasteiger partial charge is 0.497 e. The lowest BCUT2D eigenvalue weighted by Crippen LogP contribution is -2.32. The summed E-state index contributed by atoms with van der Waals surface area (Å²) in [6.45, 7) is 3.63. The van der Waals surface area contributed by atoms with Crippen LogP contribution in [0.3, 0.4) is 0 Å². The lowest BCUT2D eigenvalue weighted by atomic mass is 9.83. The van der Waals surface area contributed by atoms with Gasteiger partial charge in [-0.15, -0.1) is 0 Å². The minimum absolute atomic E-state index is 0.0678. The molecular formula is C19H20N2O5. The Labute approximate surface area is 150 Å². The van der Waals surface area contributed by atoms with Crippen molar-refractivity contribution in [2.75, 3.05) is 13.7 Å². The number of nitrogens with two attached hydrogens (primary N) is 1. The van der Waals surface area contributed by atoms with Gasteiger partial charge in [-0.3, -0.25) is 4.79 Å². The molecule has 0 bridgehead atoms. The van der Waals surface area contributed by atoms with Crippen LogP contribution in [0.5, 0.6) is 11.5 Å². The van der Waals surface area contributed by atoms with E-state index in [1.807, 2.05) is 0 Å². The Morgan fingerprint density at radius 1 is 1.31 bits per heavy atom. The Hall–Kier alpha value is -3.22. The van der Waals surface area contributed by atoms with Gasteiger partial charge in [-0.25, -0.2) is 4.79 Å². The Morgan fingerprint density at radius 2 is 2.00 bits per heavy atom. The summed E-state index contributed by atoms with van der Waals surface area (Å²) >= 11 is 0. The van der Waals surface area contributed by atoms with E-state index in [0.717, 1.165) is 0 Å². The molecule has 136 valence electrons. The van der Waals surface area contributed by atoms with Crippen molar-refractivity contribution < 1.29 is 19.0 Å². The fraction of sp³-hybridized carbons (Fsp3) is 0.263. The number of aromatic amines is 1. The number of fused-ring (bicyclic) bond motifs is 1. The van der Waals surface area contributed by atoms with Crippen LogP contribution in [0.1, 0.15) is 29.7 Å². The summed E-state index contributed by atoms with van der Waals surface area (Å²) in [6, 6.07) is 8.76. The molecule has 26 heavy (non-hydrogen) atoms. The van der Waals surface area contributed by atoms with Crippen molar-refractivity contribution in [2.24, 2.45) is 5.73 Å². The molecule has 0 radical (unpaired) electrons. The van der Waals surface area contributed by atoms with Crippen molar-refractivity contribution in [3.8, 4) is 11.5 Å². The molecule has 3 N–H and O–H groups in total. The quantitative estimate of drug-likeness (QED) is 0.812. The SMILES string of the molecule is CCOC(=O)C1=C(N)Oc2cc(C)[nH]c(=O)c2[C@@H]1c1ccc(OC)cc1. The fourth-order valence-corrected chi connectivity index (χ4v) is 3.04. The molecule has 1 aromatic carbocycles. The van der Waals surface area contributed by atoms with Crippen molar-refractivity contribution in [2.45, 2.75) is 19.8 Å². The van der Waals surface area contributed by atoms with Crippen molar-refractivity contribution in [1.29, 1.82) is 0 Å². The molecular weight excluding hydrogens is 336 g/mol. The zero-order valence-electron chi connectivity index (χ0n) is 14.8. The fourth-order valence-electron chi connectivity index (χ4n) is 3.04. The molecule has 1 aromatic heterocycles. The van der Waals surface area contributed by atoms with Crippen molar-refractivity contribution in [3.63, 3.8) is 0 Å². The molecule has 3 rings (SSSR count). The smallest absolute Gasteiger partial charge is 0.340 e. The Kier molecular flexibility index (Phi) is 4.71. The second-order valence-electron chi connectivity index (χ2n) is 5.87. The van der Waals surface area contributed by atoms with Gasteiger partial charge in [0, 0.05) is 11.8 Å².